The largest absolute Gasteiger partial charge is 0.369 e. The topological polar surface area (TPSA) is 15.3 Å². The first-order valence-corrected chi connectivity index (χ1v) is 7.03. The zero-order valence-electron chi connectivity index (χ0n) is 11.6. The van der Waals surface area contributed by atoms with Crippen LogP contribution < -0.4 is 10.2 Å². The number of benzene rings is 1. The fraction of sp³-hybridized carbons (Fsp3) is 0.600. The van der Waals surface area contributed by atoms with Crippen molar-refractivity contribution >= 4 is 5.69 Å². The second-order valence-corrected chi connectivity index (χ2v) is 5.45. The molecule has 1 aromatic carbocycles. The molecule has 1 heterocycles. The highest BCUT2D eigenvalue weighted by Crippen LogP contribution is 2.23. The van der Waals surface area contributed by atoms with Crippen LogP contribution >= 0.6 is 0 Å². The molecule has 2 rings (SSSR count). The Kier molecular flexibility index (Phi) is 4.75. The van der Waals surface area contributed by atoms with Crippen LogP contribution in [-0.2, 0) is 0 Å². The zero-order valence-corrected chi connectivity index (χ0v) is 11.6. The predicted molar refractivity (Wildman–Crippen MR) is 74.4 cm³/mol. The maximum Gasteiger partial charge on any atom is 0.146 e. The molecule has 0 aromatic heterocycles. The van der Waals surface area contributed by atoms with Gasteiger partial charge in [-0.25, -0.2) is 8.78 Å². The van der Waals surface area contributed by atoms with Crippen molar-refractivity contribution in [2.45, 2.75) is 32.7 Å². The van der Waals surface area contributed by atoms with Crippen LogP contribution in [0.1, 0.15) is 26.7 Å². The second kappa shape index (κ2) is 6.33. The van der Waals surface area contributed by atoms with Crippen LogP contribution in [0.25, 0.3) is 0 Å². The molecule has 2 nitrogen and oxygen atoms in total. The van der Waals surface area contributed by atoms with E-state index < -0.39 is 0 Å². The van der Waals surface area contributed by atoms with Gasteiger partial charge in [-0.3, -0.25) is 0 Å². The van der Waals surface area contributed by atoms with Crippen molar-refractivity contribution < 1.29 is 8.78 Å². The third-order valence-electron chi connectivity index (χ3n) is 3.78. The first-order valence-electron chi connectivity index (χ1n) is 7.03. The highest BCUT2D eigenvalue weighted by molar-refractivity contribution is 5.48. The summed E-state index contributed by atoms with van der Waals surface area (Å²) in [6, 6.07) is 4.14. The number of nitrogens with one attached hydrogen (secondary N) is 1. The van der Waals surface area contributed by atoms with E-state index in [1.165, 1.54) is 18.2 Å². The second-order valence-electron chi connectivity index (χ2n) is 5.45. The molecule has 1 aliphatic rings. The lowest BCUT2D eigenvalue weighted by Crippen LogP contribution is -2.43. The molecular weight excluding hydrogens is 246 g/mol. The summed E-state index contributed by atoms with van der Waals surface area (Å²) in [5.74, 6) is -0.302. The van der Waals surface area contributed by atoms with Gasteiger partial charge in [0.15, 0.2) is 0 Å². The molecule has 0 amide bonds. The van der Waals surface area contributed by atoms with Crippen molar-refractivity contribution in [1.29, 1.82) is 0 Å². The summed E-state index contributed by atoms with van der Waals surface area (Å²) in [4.78, 5) is 1.98. The van der Waals surface area contributed by atoms with Crippen LogP contribution in [0.2, 0.25) is 0 Å². The van der Waals surface area contributed by atoms with Gasteiger partial charge in [0.2, 0.25) is 0 Å². The first kappa shape index (κ1) is 14.3. The minimum absolute atomic E-state index is 0.338. The molecule has 0 bridgehead atoms. The van der Waals surface area contributed by atoms with E-state index in [-0.39, 0.29) is 11.6 Å². The summed E-state index contributed by atoms with van der Waals surface area (Å²) in [6.45, 7) is 6.72. The van der Waals surface area contributed by atoms with E-state index in [0.29, 0.717) is 17.6 Å². The minimum atomic E-state index is -0.378. The highest BCUT2D eigenvalue weighted by atomic mass is 19.1. The van der Waals surface area contributed by atoms with Crippen LogP contribution in [0.5, 0.6) is 0 Å². The summed E-state index contributed by atoms with van der Waals surface area (Å²) in [5.41, 5.74) is 0.392. The Morgan fingerprint density at radius 2 is 2.16 bits per heavy atom. The molecule has 106 valence electrons. The van der Waals surface area contributed by atoms with E-state index in [1.54, 1.807) is 0 Å². The maximum atomic E-state index is 13.9. The Balaban J connectivity index is 2.18. The van der Waals surface area contributed by atoms with Crippen LogP contribution in [0.15, 0.2) is 18.2 Å². The third kappa shape index (κ3) is 3.66. The molecule has 2 unspecified atom stereocenters. The van der Waals surface area contributed by atoms with E-state index in [0.717, 1.165) is 32.5 Å². The minimum Gasteiger partial charge on any atom is -0.369 e. The number of anilines is 1. The van der Waals surface area contributed by atoms with E-state index in [9.17, 15) is 8.78 Å². The summed E-state index contributed by atoms with van der Waals surface area (Å²) in [6.07, 6.45) is 2.02. The van der Waals surface area contributed by atoms with Gasteiger partial charge in [0, 0.05) is 25.2 Å². The smallest absolute Gasteiger partial charge is 0.146 e. The van der Waals surface area contributed by atoms with Crippen molar-refractivity contribution in [1.82, 2.24) is 5.32 Å². The lowest BCUT2D eigenvalue weighted by Gasteiger charge is -2.33. The van der Waals surface area contributed by atoms with Gasteiger partial charge < -0.3 is 10.2 Å². The third-order valence-corrected chi connectivity index (χ3v) is 3.78. The lowest BCUT2D eigenvalue weighted by atomic mass is 10.0. The van der Waals surface area contributed by atoms with Gasteiger partial charge in [0.05, 0.1) is 5.69 Å². The molecule has 19 heavy (non-hydrogen) atoms. The monoisotopic (exact) mass is 268 g/mol. The summed E-state index contributed by atoms with van der Waals surface area (Å²) in [7, 11) is 0. The lowest BCUT2D eigenvalue weighted by molar-refractivity contribution is 0.386. The molecule has 2 atom stereocenters. The molecule has 1 saturated heterocycles. The van der Waals surface area contributed by atoms with Crippen molar-refractivity contribution in [3.05, 3.63) is 29.8 Å². The summed E-state index contributed by atoms with van der Waals surface area (Å²) in [5, 5.41) is 3.52. The summed E-state index contributed by atoms with van der Waals surface area (Å²) < 4.78 is 27.2. The van der Waals surface area contributed by atoms with E-state index in [2.05, 4.69) is 19.2 Å². The Hall–Kier alpha value is -1.16. The van der Waals surface area contributed by atoms with Gasteiger partial charge in [-0.1, -0.05) is 13.8 Å². The standard InChI is InChI=1S/C15H22F2N2/c1-3-13-6-7-19(10-11(2)9-18-13)15-8-12(16)4-5-14(15)17/h4-5,8,11,13,18H,3,6-7,9-10H2,1-2H3. The molecule has 0 aliphatic carbocycles. The fourth-order valence-electron chi connectivity index (χ4n) is 2.61. The van der Waals surface area contributed by atoms with E-state index in [1.807, 2.05) is 4.90 Å². The van der Waals surface area contributed by atoms with Gasteiger partial charge >= 0.3 is 0 Å². The van der Waals surface area contributed by atoms with Crippen molar-refractivity contribution in [3.63, 3.8) is 0 Å². The normalized spacial score (nSPS) is 24.9. The number of hydrogen-bond acceptors (Lipinski definition) is 2. The first-order chi connectivity index (χ1) is 9.10. The van der Waals surface area contributed by atoms with Gasteiger partial charge in [0.1, 0.15) is 11.6 Å². The molecular formula is C15H22F2N2. The molecule has 1 N–H and O–H groups in total. The number of nitrogens with zero attached hydrogens (tertiary/aromatic N) is 1. The molecule has 0 saturated carbocycles. The van der Waals surface area contributed by atoms with Crippen molar-refractivity contribution in [2.75, 3.05) is 24.5 Å². The van der Waals surface area contributed by atoms with E-state index in [4.69, 9.17) is 0 Å². The summed E-state index contributed by atoms with van der Waals surface area (Å²) >= 11 is 0. The number of hydrogen-bond donors (Lipinski definition) is 1. The van der Waals surface area contributed by atoms with Crippen molar-refractivity contribution in [3.8, 4) is 0 Å². The molecule has 0 radical (unpaired) electrons. The highest BCUT2D eigenvalue weighted by Gasteiger charge is 2.20. The van der Waals surface area contributed by atoms with Crippen LogP contribution in [0, 0.1) is 17.6 Å². The van der Waals surface area contributed by atoms with E-state index >= 15 is 0 Å². The molecule has 1 aliphatic heterocycles. The van der Waals surface area contributed by atoms with Gasteiger partial charge in [-0.05, 0) is 37.4 Å². The Morgan fingerprint density at radius 1 is 1.37 bits per heavy atom. The molecule has 1 fully saturated rings. The number of halogens is 2. The van der Waals surface area contributed by atoms with Crippen LogP contribution in [0.3, 0.4) is 0 Å². The SMILES string of the molecule is CCC1CCN(c2cc(F)ccc2F)CC(C)CN1. The van der Waals surface area contributed by atoms with Crippen LogP contribution in [0.4, 0.5) is 14.5 Å². The maximum absolute atomic E-state index is 13.9. The molecule has 4 heteroatoms. The molecule has 0 spiro atoms. The fourth-order valence-corrected chi connectivity index (χ4v) is 2.61. The Labute approximate surface area is 113 Å². The average molecular weight is 268 g/mol. The van der Waals surface area contributed by atoms with Crippen molar-refractivity contribution in [2.24, 2.45) is 5.92 Å². The average Bonchev–Trinajstić information content (AvgIpc) is 2.37. The van der Waals surface area contributed by atoms with Gasteiger partial charge in [-0.15, -0.1) is 0 Å². The zero-order chi connectivity index (χ0) is 13.8. The van der Waals surface area contributed by atoms with Gasteiger partial charge in [0.25, 0.3) is 0 Å². The predicted octanol–water partition coefficient (Wildman–Crippen LogP) is 3.18. The Morgan fingerprint density at radius 3 is 2.89 bits per heavy atom. The van der Waals surface area contributed by atoms with Gasteiger partial charge in [-0.2, -0.15) is 0 Å². The number of rotatable bonds is 2. The van der Waals surface area contributed by atoms with Crippen LogP contribution in [-0.4, -0.2) is 25.7 Å². The Bertz CT molecular complexity index is 423. The quantitative estimate of drug-likeness (QED) is 0.886. The molecule has 1 aromatic rings.